The van der Waals surface area contributed by atoms with Crippen LogP contribution in [0.4, 0.5) is 0 Å². The van der Waals surface area contributed by atoms with Gasteiger partial charge in [0, 0.05) is 40.3 Å². The topological polar surface area (TPSA) is 29.1 Å². The highest BCUT2D eigenvalue weighted by Crippen LogP contribution is 2.20. The molecule has 0 amide bonds. The van der Waals surface area contributed by atoms with Gasteiger partial charge in [0.25, 0.3) is 0 Å². The summed E-state index contributed by atoms with van der Waals surface area (Å²) in [7, 11) is -0.665. The lowest BCUT2D eigenvalue weighted by Crippen LogP contribution is -2.20. The molecule has 0 aromatic carbocycles. The lowest BCUT2D eigenvalue weighted by molar-refractivity contribution is 0.675. The molecule has 1 heterocycles. The molecular formula is C9H14ClNOS2. The third kappa shape index (κ3) is 4.55. The van der Waals surface area contributed by atoms with Gasteiger partial charge in [0.15, 0.2) is 0 Å². The Morgan fingerprint density at radius 1 is 1.57 bits per heavy atom. The monoisotopic (exact) mass is 251 g/mol. The van der Waals surface area contributed by atoms with Gasteiger partial charge in [-0.2, -0.15) is 0 Å². The van der Waals surface area contributed by atoms with E-state index >= 15 is 0 Å². The van der Waals surface area contributed by atoms with E-state index < -0.39 is 10.8 Å². The second-order valence-electron chi connectivity index (χ2n) is 2.82. The second kappa shape index (κ2) is 6.56. The lowest BCUT2D eigenvalue weighted by Gasteiger charge is -2.01. The van der Waals surface area contributed by atoms with Crippen molar-refractivity contribution in [2.45, 2.75) is 13.5 Å². The summed E-state index contributed by atoms with van der Waals surface area (Å²) in [5, 5.41) is 3.24. The molecule has 14 heavy (non-hydrogen) atoms. The smallest absolute Gasteiger partial charge is 0.0931 e. The predicted octanol–water partition coefficient (Wildman–Crippen LogP) is 2.26. The number of rotatable bonds is 6. The van der Waals surface area contributed by atoms with Crippen molar-refractivity contribution in [3.8, 4) is 0 Å². The molecule has 0 aliphatic carbocycles. The minimum atomic E-state index is -0.665. The molecule has 0 saturated carbocycles. The van der Waals surface area contributed by atoms with Gasteiger partial charge in [-0.15, -0.1) is 11.3 Å². The standard InChI is InChI=1S/C9H14ClNOS2/c1-2-14(12)6-5-11-7-8-3-4-9(10)13-8/h3-4,11H,2,5-7H2,1H3. The van der Waals surface area contributed by atoms with Gasteiger partial charge < -0.3 is 5.32 Å². The Bertz CT molecular complexity index is 301. The van der Waals surface area contributed by atoms with E-state index in [0.29, 0.717) is 0 Å². The molecule has 0 fully saturated rings. The Labute approximate surface area is 96.1 Å². The van der Waals surface area contributed by atoms with Crippen LogP contribution in [0.2, 0.25) is 4.34 Å². The summed E-state index contributed by atoms with van der Waals surface area (Å²) in [5.74, 6) is 1.47. The first-order chi connectivity index (χ1) is 6.72. The quantitative estimate of drug-likeness (QED) is 0.786. The van der Waals surface area contributed by atoms with Crippen LogP contribution in [0.25, 0.3) is 0 Å². The summed E-state index contributed by atoms with van der Waals surface area (Å²) >= 11 is 7.37. The molecule has 0 bridgehead atoms. The molecule has 0 saturated heterocycles. The van der Waals surface area contributed by atoms with Crippen LogP contribution in [-0.4, -0.2) is 22.3 Å². The van der Waals surface area contributed by atoms with Gasteiger partial charge in [0.2, 0.25) is 0 Å². The molecule has 1 aromatic heterocycles. The Hall–Kier alpha value is 0.1000. The van der Waals surface area contributed by atoms with Crippen molar-refractivity contribution in [1.82, 2.24) is 5.32 Å². The number of nitrogens with one attached hydrogen (secondary N) is 1. The molecule has 1 aromatic rings. The van der Waals surface area contributed by atoms with Crippen LogP contribution in [-0.2, 0) is 17.3 Å². The first-order valence-corrected chi connectivity index (χ1v) is 7.20. The molecule has 0 spiro atoms. The molecule has 1 unspecified atom stereocenters. The Kier molecular flexibility index (Phi) is 5.70. The molecule has 80 valence electrons. The van der Waals surface area contributed by atoms with E-state index in [0.717, 1.165) is 28.9 Å². The van der Waals surface area contributed by atoms with Crippen molar-refractivity contribution in [3.63, 3.8) is 0 Å². The molecule has 1 N–H and O–H groups in total. The van der Waals surface area contributed by atoms with E-state index in [-0.39, 0.29) is 0 Å². The van der Waals surface area contributed by atoms with Crippen LogP contribution in [0.15, 0.2) is 12.1 Å². The summed E-state index contributed by atoms with van der Waals surface area (Å²) in [6, 6.07) is 3.91. The average molecular weight is 252 g/mol. The van der Waals surface area contributed by atoms with Crippen LogP contribution >= 0.6 is 22.9 Å². The Morgan fingerprint density at radius 3 is 2.93 bits per heavy atom. The maximum atomic E-state index is 11.1. The largest absolute Gasteiger partial charge is 0.311 e. The van der Waals surface area contributed by atoms with Crippen molar-refractivity contribution in [2.24, 2.45) is 0 Å². The molecular weight excluding hydrogens is 238 g/mol. The third-order valence-electron chi connectivity index (χ3n) is 1.76. The van der Waals surface area contributed by atoms with Gasteiger partial charge in [0.05, 0.1) is 4.34 Å². The van der Waals surface area contributed by atoms with Crippen LogP contribution in [0.1, 0.15) is 11.8 Å². The lowest BCUT2D eigenvalue weighted by atomic mass is 10.4. The summed E-state index contributed by atoms with van der Waals surface area (Å²) in [4.78, 5) is 1.22. The van der Waals surface area contributed by atoms with E-state index in [9.17, 15) is 4.21 Å². The zero-order chi connectivity index (χ0) is 10.4. The van der Waals surface area contributed by atoms with Crippen LogP contribution in [0.5, 0.6) is 0 Å². The highest BCUT2D eigenvalue weighted by atomic mass is 35.5. The highest BCUT2D eigenvalue weighted by molar-refractivity contribution is 7.84. The summed E-state index contributed by atoms with van der Waals surface area (Å²) in [6.45, 7) is 3.56. The van der Waals surface area contributed by atoms with Crippen LogP contribution in [0, 0.1) is 0 Å². The molecule has 1 atom stereocenters. The Balaban J connectivity index is 2.13. The van der Waals surface area contributed by atoms with Gasteiger partial charge in [-0.1, -0.05) is 18.5 Å². The minimum absolute atomic E-state index is 0.665. The predicted molar refractivity (Wildman–Crippen MR) is 64.6 cm³/mol. The fourth-order valence-electron chi connectivity index (χ4n) is 0.989. The van der Waals surface area contributed by atoms with Crippen LogP contribution in [0.3, 0.4) is 0 Å². The number of hydrogen-bond donors (Lipinski definition) is 1. The molecule has 0 radical (unpaired) electrons. The van der Waals surface area contributed by atoms with Gasteiger partial charge in [0.1, 0.15) is 0 Å². The molecule has 0 aliphatic heterocycles. The van der Waals surface area contributed by atoms with Crippen molar-refractivity contribution in [3.05, 3.63) is 21.3 Å². The van der Waals surface area contributed by atoms with Crippen LogP contribution < -0.4 is 5.32 Å². The van der Waals surface area contributed by atoms with Crippen molar-refractivity contribution < 1.29 is 4.21 Å². The average Bonchev–Trinajstić information content (AvgIpc) is 2.58. The highest BCUT2D eigenvalue weighted by Gasteiger charge is 1.98. The molecule has 0 aliphatic rings. The summed E-state index contributed by atoms with van der Waals surface area (Å²) < 4.78 is 11.9. The number of thiophene rings is 1. The van der Waals surface area contributed by atoms with Crippen molar-refractivity contribution in [1.29, 1.82) is 0 Å². The SMILES string of the molecule is CCS(=O)CCNCc1ccc(Cl)s1. The van der Waals surface area contributed by atoms with E-state index in [2.05, 4.69) is 5.32 Å². The number of hydrogen-bond acceptors (Lipinski definition) is 3. The third-order valence-corrected chi connectivity index (χ3v) is 4.29. The first kappa shape index (κ1) is 12.2. The molecule has 2 nitrogen and oxygen atoms in total. The Morgan fingerprint density at radius 2 is 2.36 bits per heavy atom. The van der Waals surface area contributed by atoms with E-state index in [1.54, 1.807) is 11.3 Å². The number of halogens is 1. The second-order valence-corrected chi connectivity index (χ2v) is 6.48. The van der Waals surface area contributed by atoms with Crippen molar-refractivity contribution >= 4 is 33.7 Å². The fourth-order valence-corrected chi connectivity index (χ4v) is 2.71. The normalized spacial score (nSPS) is 13.0. The fraction of sp³-hybridized carbons (Fsp3) is 0.556. The summed E-state index contributed by atoms with van der Waals surface area (Å²) in [6.07, 6.45) is 0. The van der Waals surface area contributed by atoms with E-state index in [1.807, 2.05) is 19.1 Å². The first-order valence-electron chi connectivity index (χ1n) is 4.52. The summed E-state index contributed by atoms with van der Waals surface area (Å²) in [5.41, 5.74) is 0. The zero-order valence-electron chi connectivity index (χ0n) is 8.09. The van der Waals surface area contributed by atoms with E-state index in [1.165, 1.54) is 4.88 Å². The maximum Gasteiger partial charge on any atom is 0.0931 e. The van der Waals surface area contributed by atoms with Gasteiger partial charge in [-0.3, -0.25) is 4.21 Å². The van der Waals surface area contributed by atoms with Gasteiger partial charge in [-0.25, -0.2) is 0 Å². The molecule has 5 heteroatoms. The molecule has 1 rings (SSSR count). The van der Waals surface area contributed by atoms with Gasteiger partial charge >= 0.3 is 0 Å². The zero-order valence-corrected chi connectivity index (χ0v) is 10.5. The van der Waals surface area contributed by atoms with E-state index in [4.69, 9.17) is 11.6 Å². The van der Waals surface area contributed by atoms with Gasteiger partial charge in [-0.05, 0) is 12.1 Å². The maximum absolute atomic E-state index is 11.1. The minimum Gasteiger partial charge on any atom is -0.311 e. The van der Waals surface area contributed by atoms with Crippen molar-refractivity contribution in [2.75, 3.05) is 18.1 Å².